The molecule has 0 aliphatic rings. The van der Waals surface area contributed by atoms with Crippen LogP contribution in [-0.4, -0.2) is 22.4 Å². The van der Waals surface area contributed by atoms with Gasteiger partial charge in [0.15, 0.2) is 11.6 Å². The molecule has 0 saturated carbocycles. The minimum Gasteiger partial charge on any atom is -0.485 e. The Labute approximate surface area is 123 Å². The van der Waals surface area contributed by atoms with Crippen LogP contribution in [0.25, 0.3) is 10.9 Å². The fourth-order valence-corrected chi connectivity index (χ4v) is 1.96. The first-order valence-electron chi connectivity index (χ1n) is 6.88. The fraction of sp³-hybridized carbons (Fsp3) is 0.438. The van der Waals surface area contributed by atoms with Crippen molar-refractivity contribution in [3.8, 4) is 5.75 Å². The van der Waals surface area contributed by atoms with Crippen molar-refractivity contribution in [3.63, 3.8) is 0 Å². The molecule has 1 aromatic carbocycles. The topological polar surface area (TPSA) is 40.5 Å². The quantitative estimate of drug-likeness (QED) is 0.826. The predicted octanol–water partition coefficient (Wildman–Crippen LogP) is 4.35. The fourth-order valence-electron chi connectivity index (χ4n) is 1.96. The summed E-state index contributed by atoms with van der Waals surface area (Å²) in [5.41, 5.74) is -0.0346. The molecule has 0 unspecified atom stereocenters. The maximum absolute atomic E-state index is 14.1. The zero-order chi connectivity index (χ0) is 15.8. The van der Waals surface area contributed by atoms with E-state index in [1.807, 2.05) is 20.8 Å². The summed E-state index contributed by atoms with van der Waals surface area (Å²) >= 11 is 0. The minimum atomic E-state index is -0.524. The summed E-state index contributed by atoms with van der Waals surface area (Å²) in [6.45, 7) is 9.07. The van der Waals surface area contributed by atoms with Gasteiger partial charge >= 0.3 is 6.09 Å². The molecule has 0 bridgehead atoms. The van der Waals surface area contributed by atoms with E-state index in [1.54, 1.807) is 32.2 Å². The van der Waals surface area contributed by atoms with Crippen LogP contribution in [0.3, 0.4) is 0 Å². The molecule has 0 fully saturated rings. The predicted molar refractivity (Wildman–Crippen MR) is 79.3 cm³/mol. The van der Waals surface area contributed by atoms with Crippen molar-refractivity contribution in [2.45, 2.75) is 46.3 Å². The first kappa shape index (κ1) is 15.4. The van der Waals surface area contributed by atoms with Crippen molar-refractivity contribution in [1.82, 2.24) is 4.57 Å². The van der Waals surface area contributed by atoms with Gasteiger partial charge in [-0.05, 0) is 46.8 Å². The minimum absolute atomic E-state index is 0.171. The van der Waals surface area contributed by atoms with Crippen LogP contribution in [0.5, 0.6) is 5.75 Å². The standard InChI is InChI=1S/C16H20FNO3/c1-10(2)20-15(19)18-7-6-11-8-14(21-16(3,4)5)12(17)9-13(11)18/h6-10H,1-5H3. The van der Waals surface area contributed by atoms with Crippen molar-refractivity contribution >= 4 is 17.0 Å². The van der Waals surface area contributed by atoms with E-state index in [2.05, 4.69) is 0 Å². The number of fused-ring (bicyclic) bond motifs is 1. The van der Waals surface area contributed by atoms with Crippen molar-refractivity contribution in [1.29, 1.82) is 0 Å². The van der Waals surface area contributed by atoms with E-state index in [1.165, 1.54) is 10.6 Å². The van der Waals surface area contributed by atoms with E-state index >= 15 is 0 Å². The Balaban J connectivity index is 2.42. The number of hydrogen-bond donors (Lipinski definition) is 0. The lowest BCUT2D eigenvalue weighted by Crippen LogP contribution is -2.23. The third-order valence-electron chi connectivity index (χ3n) is 2.69. The van der Waals surface area contributed by atoms with Crippen molar-refractivity contribution in [2.24, 2.45) is 0 Å². The second-order valence-electron chi connectivity index (χ2n) is 6.17. The summed E-state index contributed by atoms with van der Waals surface area (Å²) in [5, 5.41) is 0.719. The second kappa shape index (κ2) is 5.39. The molecule has 0 aliphatic heterocycles. The first-order chi connectivity index (χ1) is 9.67. The van der Waals surface area contributed by atoms with Crippen LogP contribution in [-0.2, 0) is 4.74 Å². The van der Waals surface area contributed by atoms with Gasteiger partial charge in [0, 0.05) is 17.6 Å². The first-order valence-corrected chi connectivity index (χ1v) is 6.88. The number of carbonyl (C=O) groups excluding carboxylic acids is 1. The Morgan fingerprint density at radius 1 is 1.29 bits per heavy atom. The molecular weight excluding hydrogens is 273 g/mol. The number of halogens is 1. The molecular formula is C16H20FNO3. The number of carbonyl (C=O) groups is 1. The summed E-state index contributed by atoms with van der Waals surface area (Å²) in [6, 6.07) is 4.61. The van der Waals surface area contributed by atoms with Crippen LogP contribution < -0.4 is 4.74 Å². The maximum atomic E-state index is 14.1. The van der Waals surface area contributed by atoms with Crippen LogP contribution >= 0.6 is 0 Å². The molecule has 21 heavy (non-hydrogen) atoms. The smallest absolute Gasteiger partial charge is 0.418 e. The van der Waals surface area contributed by atoms with E-state index in [0.717, 1.165) is 5.39 Å². The zero-order valence-corrected chi connectivity index (χ0v) is 12.9. The molecule has 0 spiro atoms. The van der Waals surface area contributed by atoms with Crippen molar-refractivity contribution in [2.75, 3.05) is 0 Å². The highest BCUT2D eigenvalue weighted by Crippen LogP contribution is 2.28. The summed E-state index contributed by atoms with van der Waals surface area (Å²) in [5.74, 6) is -0.334. The molecule has 1 heterocycles. The van der Waals surface area contributed by atoms with Gasteiger partial charge in [-0.15, -0.1) is 0 Å². The highest BCUT2D eigenvalue weighted by Gasteiger charge is 2.18. The summed E-state index contributed by atoms with van der Waals surface area (Å²) in [7, 11) is 0. The monoisotopic (exact) mass is 293 g/mol. The van der Waals surface area contributed by atoms with Crippen molar-refractivity contribution < 1.29 is 18.7 Å². The Hall–Kier alpha value is -2.04. The number of benzene rings is 1. The van der Waals surface area contributed by atoms with Gasteiger partial charge < -0.3 is 9.47 Å². The van der Waals surface area contributed by atoms with E-state index in [9.17, 15) is 9.18 Å². The van der Waals surface area contributed by atoms with Crippen LogP contribution in [0.15, 0.2) is 24.4 Å². The second-order valence-corrected chi connectivity index (χ2v) is 6.17. The van der Waals surface area contributed by atoms with Gasteiger partial charge in [-0.1, -0.05) is 0 Å². The molecule has 0 atom stereocenters. The number of ether oxygens (including phenoxy) is 2. The largest absolute Gasteiger partial charge is 0.485 e. The molecule has 2 rings (SSSR count). The molecule has 2 aromatic rings. The number of nitrogens with zero attached hydrogens (tertiary/aromatic N) is 1. The van der Waals surface area contributed by atoms with Gasteiger partial charge in [-0.2, -0.15) is 0 Å². The highest BCUT2D eigenvalue weighted by molar-refractivity contribution is 5.90. The molecule has 114 valence electrons. The molecule has 0 radical (unpaired) electrons. The Morgan fingerprint density at radius 2 is 1.95 bits per heavy atom. The Kier molecular flexibility index (Phi) is 3.94. The lowest BCUT2D eigenvalue weighted by atomic mass is 10.2. The Bertz CT molecular complexity index is 668. The van der Waals surface area contributed by atoms with Crippen LogP contribution in [0, 0.1) is 5.82 Å². The van der Waals surface area contributed by atoms with Gasteiger partial charge in [-0.3, -0.25) is 4.57 Å². The number of aromatic nitrogens is 1. The number of rotatable bonds is 2. The van der Waals surface area contributed by atoms with Gasteiger partial charge in [0.25, 0.3) is 0 Å². The van der Waals surface area contributed by atoms with E-state index < -0.39 is 17.5 Å². The summed E-state index contributed by atoms with van der Waals surface area (Å²) < 4.78 is 26.1. The van der Waals surface area contributed by atoms with Crippen LogP contribution in [0.2, 0.25) is 0 Å². The van der Waals surface area contributed by atoms with Gasteiger partial charge in [0.05, 0.1) is 11.6 Å². The zero-order valence-electron chi connectivity index (χ0n) is 12.9. The molecule has 0 saturated heterocycles. The van der Waals surface area contributed by atoms with Crippen LogP contribution in [0.4, 0.5) is 9.18 Å². The summed E-state index contributed by atoms with van der Waals surface area (Å²) in [4.78, 5) is 11.9. The molecule has 0 N–H and O–H groups in total. The molecule has 5 heteroatoms. The van der Waals surface area contributed by atoms with Gasteiger partial charge in [-0.25, -0.2) is 9.18 Å². The summed E-state index contributed by atoms with van der Waals surface area (Å²) in [6.07, 6.45) is 0.808. The lowest BCUT2D eigenvalue weighted by molar-refractivity contribution is 0.118. The van der Waals surface area contributed by atoms with Crippen LogP contribution in [0.1, 0.15) is 34.6 Å². The van der Waals surface area contributed by atoms with E-state index in [4.69, 9.17) is 9.47 Å². The molecule has 0 amide bonds. The van der Waals surface area contributed by atoms with Crippen molar-refractivity contribution in [3.05, 3.63) is 30.2 Å². The Morgan fingerprint density at radius 3 is 2.52 bits per heavy atom. The lowest BCUT2D eigenvalue weighted by Gasteiger charge is -2.21. The average molecular weight is 293 g/mol. The molecule has 4 nitrogen and oxygen atoms in total. The van der Waals surface area contributed by atoms with E-state index in [-0.39, 0.29) is 11.9 Å². The maximum Gasteiger partial charge on any atom is 0.418 e. The SMILES string of the molecule is CC(C)OC(=O)n1ccc2cc(OC(C)(C)C)c(F)cc21. The molecule has 1 aromatic heterocycles. The third kappa shape index (κ3) is 3.54. The van der Waals surface area contributed by atoms with Gasteiger partial charge in [0.2, 0.25) is 0 Å². The number of hydrogen-bond acceptors (Lipinski definition) is 3. The van der Waals surface area contributed by atoms with Gasteiger partial charge in [0.1, 0.15) is 5.60 Å². The normalized spacial score (nSPS) is 12.0. The van der Waals surface area contributed by atoms with E-state index in [0.29, 0.717) is 5.52 Å². The highest BCUT2D eigenvalue weighted by atomic mass is 19.1. The average Bonchev–Trinajstić information content (AvgIpc) is 2.69. The molecule has 0 aliphatic carbocycles. The third-order valence-corrected chi connectivity index (χ3v) is 2.69.